The van der Waals surface area contributed by atoms with Gasteiger partial charge in [0.1, 0.15) is 0 Å². The minimum Gasteiger partial charge on any atom is -0.318 e. The molecule has 0 aliphatic carbocycles. The highest BCUT2D eigenvalue weighted by molar-refractivity contribution is 7.16. The van der Waals surface area contributed by atoms with Crippen molar-refractivity contribution in [2.75, 3.05) is 0 Å². The summed E-state index contributed by atoms with van der Waals surface area (Å²) in [5.74, 6) is -0.440. The predicted molar refractivity (Wildman–Crippen MR) is 96.4 cm³/mol. The van der Waals surface area contributed by atoms with Crippen LogP contribution in [0, 0.1) is 10.1 Å². The van der Waals surface area contributed by atoms with Gasteiger partial charge in [0.25, 0.3) is 5.91 Å². The van der Waals surface area contributed by atoms with Gasteiger partial charge in [-0.25, -0.2) is 0 Å². The number of nitro groups is 1. The molecule has 0 unspecified atom stereocenters. The lowest BCUT2D eigenvalue weighted by molar-refractivity contribution is -0.380. The Bertz CT molecular complexity index is 1050. The normalized spacial score (nSPS) is 12.3. The van der Waals surface area contributed by atoms with E-state index in [1.807, 2.05) is 12.1 Å². The highest BCUT2D eigenvalue weighted by Crippen LogP contribution is 2.25. The van der Waals surface area contributed by atoms with E-state index in [1.54, 1.807) is 23.7 Å². The molecule has 3 aromatic rings. The molecule has 2 aromatic heterocycles. The zero-order valence-electron chi connectivity index (χ0n) is 12.3. The summed E-state index contributed by atoms with van der Waals surface area (Å²) < 4.78 is 2.71. The standard InChI is InChI=1S/C15H10ClN3O3S2/c1-18-14-10(16)3-2-4-11(14)24-15(18)17-12(20)7-5-9-6-8-13(23-9)19(21)22/h2-8H,1H3/b7-5+,17-15?. The fourth-order valence-corrected chi connectivity index (χ4v) is 4.21. The van der Waals surface area contributed by atoms with Gasteiger partial charge in [-0.15, -0.1) is 0 Å². The van der Waals surface area contributed by atoms with Crippen molar-refractivity contribution in [1.82, 2.24) is 4.57 Å². The molecule has 0 N–H and O–H groups in total. The lowest BCUT2D eigenvalue weighted by atomic mass is 10.3. The van der Waals surface area contributed by atoms with Gasteiger partial charge in [-0.3, -0.25) is 14.9 Å². The summed E-state index contributed by atoms with van der Waals surface area (Å²) in [5, 5.41) is 11.3. The number of thiophene rings is 1. The Morgan fingerprint density at radius 2 is 2.12 bits per heavy atom. The number of nitrogens with zero attached hydrogens (tertiary/aromatic N) is 3. The second-order valence-corrected chi connectivity index (χ2v) is 7.26. The third-order valence-corrected chi connectivity index (χ3v) is 5.57. The van der Waals surface area contributed by atoms with Crippen LogP contribution in [-0.2, 0) is 11.8 Å². The number of benzene rings is 1. The highest BCUT2D eigenvalue weighted by Gasteiger charge is 2.09. The summed E-state index contributed by atoms with van der Waals surface area (Å²) in [7, 11) is 1.79. The number of halogens is 1. The maximum absolute atomic E-state index is 12.0. The fraction of sp³-hybridized carbons (Fsp3) is 0.0667. The van der Waals surface area contributed by atoms with Gasteiger partial charge < -0.3 is 4.57 Å². The van der Waals surface area contributed by atoms with Crippen LogP contribution >= 0.6 is 34.3 Å². The Labute approximate surface area is 149 Å². The van der Waals surface area contributed by atoms with Crippen LogP contribution in [-0.4, -0.2) is 15.4 Å². The molecule has 6 nitrogen and oxygen atoms in total. The molecule has 0 saturated carbocycles. The topological polar surface area (TPSA) is 77.5 Å². The molecule has 0 atom stereocenters. The zero-order chi connectivity index (χ0) is 17.3. The number of rotatable bonds is 3. The van der Waals surface area contributed by atoms with Crippen LogP contribution in [0.15, 0.2) is 41.4 Å². The molecular weight excluding hydrogens is 370 g/mol. The molecule has 0 aliphatic rings. The molecule has 24 heavy (non-hydrogen) atoms. The summed E-state index contributed by atoms with van der Waals surface area (Å²) >= 11 is 8.54. The van der Waals surface area contributed by atoms with Gasteiger partial charge in [-0.1, -0.05) is 40.3 Å². The number of aromatic nitrogens is 1. The number of amides is 1. The van der Waals surface area contributed by atoms with Crippen molar-refractivity contribution in [3.8, 4) is 0 Å². The van der Waals surface area contributed by atoms with Crippen LogP contribution in [0.2, 0.25) is 5.02 Å². The summed E-state index contributed by atoms with van der Waals surface area (Å²) in [6, 6.07) is 8.53. The minimum atomic E-state index is -0.463. The Morgan fingerprint density at radius 1 is 1.33 bits per heavy atom. The number of carbonyl (C=O) groups excluding carboxylic acids is 1. The predicted octanol–water partition coefficient (Wildman–Crippen LogP) is 4.00. The monoisotopic (exact) mass is 379 g/mol. The Balaban J connectivity index is 1.89. The molecule has 2 heterocycles. The molecule has 0 fully saturated rings. The summed E-state index contributed by atoms with van der Waals surface area (Å²) in [6.07, 6.45) is 2.81. The van der Waals surface area contributed by atoms with Crippen LogP contribution in [0.3, 0.4) is 0 Å². The first-order chi connectivity index (χ1) is 11.5. The van der Waals surface area contributed by atoms with Crippen molar-refractivity contribution in [1.29, 1.82) is 0 Å². The van der Waals surface area contributed by atoms with E-state index in [9.17, 15) is 14.9 Å². The van der Waals surface area contributed by atoms with Crippen LogP contribution < -0.4 is 4.80 Å². The summed E-state index contributed by atoms with van der Waals surface area (Å²) in [6.45, 7) is 0. The summed E-state index contributed by atoms with van der Waals surface area (Å²) in [4.78, 5) is 27.4. The molecule has 1 amide bonds. The quantitative estimate of drug-likeness (QED) is 0.392. The SMILES string of the molecule is Cn1c(=NC(=O)/C=C/c2ccc([N+](=O)[O-])s2)sc2cccc(Cl)c21. The van der Waals surface area contributed by atoms with Crippen LogP contribution in [0.25, 0.3) is 16.3 Å². The molecule has 1 aromatic carbocycles. The second-order valence-electron chi connectivity index (χ2n) is 4.75. The fourth-order valence-electron chi connectivity index (χ4n) is 2.08. The van der Waals surface area contributed by atoms with Crippen molar-refractivity contribution in [2.24, 2.45) is 12.0 Å². The van der Waals surface area contributed by atoms with Gasteiger partial charge in [0.05, 0.1) is 20.2 Å². The molecule has 122 valence electrons. The summed E-state index contributed by atoms with van der Waals surface area (Å²) in [5.41, 5.74) is 0.827. The van der Waals surface area contributed by atoms with Gasteiger partial charge in [0, 0.05) is 24.1 Å². The van der Waals surface area contributed by atoms with E-state index in [2.05, 4.69) is 4.99 Å². The number of fused-ring (bicyclic) bond motifs is 1. The van der Waals surface area contributed by atoms with E-state index in [1.165, 1.54) is 29.6 Å². The first kappa shape index (κ1) is 16.6. The van der Waals surface area contributed by atoms with Gasteiger partial charge >= 0.3 is 5.00 Å². The van der Waals surface area contributed by atoms with E-state index >= 15 is 0 Å². The number of carbonyl (C=O) groups is 1. The number of para-hydroxylation sites is 1. The molecule has 0 radical (unpaired) electrons. The Kier molecular flexibility index (Phi) is 4.61. The van der Waals surface area contributed by atoms with E-state index in [-0.39, 0.29) is 5.00 Å². The number of aryl methyl sites for hydroxylation is 1. The van der Waals surface area contributed by atoms with E-state index in [4.69, 9.17) is 11.6 Å². The molecule has 9 heteroatoms. The maximum atomic E-state index is 12.0. The number of thiazole rings is 1. The van der Waals surface area contributed by atoms with Crippen LogP contribution in [0.4, 0.5) is 5.00 Å². The zero-order valence-corrected chi connectivity index (χ0v) is 14.7. The molecule has 0 bridgehead atoms. The lowest BCUT2D eigenvalue weighted by Gasteiger charge is -1.96. The Hall–Kier alpha value is -2.29. The van der Waals surface area contributed by atoms with E-state index < -0.39 is 10.8 Å². The number of hydrogen-bond donors (Lipinski definition) is 0. The van der Waals surface area contributed by atoms with Crippen molar-refractivity contribution < 1.29 is 9.72 Å². The van der Waals surface area contributed by atoms with Crippen molar-refractivity contribution >= 4 is 61.5 Å². The first-order valence-electron chi connectivity index (χ1n) is 6.71. The van der Waals surface area contributed by atoms with Crippen molar-refractivity contribution in [3.05, 3.63) is 61.2 Å². The minimum absolute atomic E-state index is 0.0320. The maximum Gasteiger partial charge on any atom is 0.324 e. The number of hydrogen-bond acceptors (Lipinski definition) is 5. The second kappa shape index (κ2) is 6.68. The van der Waals surface area contributed by atoms with E-state index in [0.29, 0.717) is 14.7 Å². The first-order valence-corrected chi connectivity index (χ1v) is 8.72. The van der Waals surface area contributed by atoms with Crippen LogP contribution in [0.5, 0.6) is 0 Å². The van der Waals surface area contributed by atoms with Gasteiger partial charge in [0.2, 0.25) is 0 Å². The third kappa shape index (κ3) is 3.30. The van der Waals surface area contributed by atoms with Crippen molar-refractivity contribution in [3.63, 3.8) is 0 Å². The molecular formula is C15H10ClN3O3S2. The van der Waals surface area contributed by atoms with Gasteiger partial charge in [0.15, 0.2) is 4.80 Å². The average Bonchev–Trinajstić information content (AvgIpc) is 3.12. The largest absolute Gasteiger partial charge is 0.324 e. The van der Waals surface area contributed by atoms with Gasteiger partial charge in [-0.2, -0.15) is 4.99 Å². The molecule has 0 spiro atoms. The average molecular weight is 380 g/mol. The molecule has 3 rings (SSSR count). The highest BCUT2D eigenvalue weighted by atomic mass is 35.5. The molecule has 0 saturated heterocycles. The Morgan fingerprint density at radius 3 is 2.79 bits per heavy atom. The lowest BCUT2D eigenvalue weighted by Crippen LogP contribution is -2.12. The molecule has 0 aliphatic heterocycles. The third-order valence-electron chi connectivity index (χ3n) is 3.16. The van der Waals surface area contributed by atoms with Crippen LogP contribution in [0.1, 0.15) is 4.88 Å². The van der Waals surface area contributed by atoms with E-state index in [0.717, 1.165) is 21.6 Å². The van der Waals surface area contributed by atoms with Crippen molar-refractivity contribution in [2.45, 2.75) is 0 Å². The van der Waals surface area contributed by atoms with Gasteiger partial charge in [-0.05, 0) is 24.3 Å². The smallest absolute Gasteiger partial charge is 0.318 e.